The zero-order chi connectivity index (χ0) is 19.1. The van der Waals surface area contributed by atoms with E-state index in [1.807, 2.05) is 36.9 Å². The van der Waals surface area contributed by atoms with Crippen LogP contribution in [0.15, 0.2) is 42.5 Å². The lowest BCUT2D eigenvalue weighted by molar-refractivity contribution is 0.0479. The Morgan fingerprint density at radius 1 is 0.889 bits per heavy atom. The molecule has 0 aliphatic carbocycles. The van der Waals surface area contributed by atoms with E-state index < -0.39 is 0 Å². The summed E-state index contributed by atoms with van der Waals surface area (Å²) in [6.45, 7) is 5.12. The van der Waals surface area contributed by atoms with Crippen LogP contribution in [0.1, 0.15) is 55.0 Å². The molecule has 2 aromatic carbocycles. The Labute approximate surface area is 158 Å². The SMILES string of the molecule is Cc1ccc(C(=O)N2CCC(N3C(=O)c4ccccc4C3=O)CC2)cc1C. The number of hydrogen-bond donors (Lipinski definition) is 0. The summed E-state index contributed by atoms with van der Waals surface area (Å²) in [5, 5.41) is 0. The fourth-order valence-corrected chi connectivity index (χ4v) is 3.92. The van der Waals surface area contributed by atoms with Crippen molar-refractivity contribution in [1.82, 2.24) is 9.80 Å². The van der Waals surface area contributed by atoms with Gasteiger partial charge in [-0.3, -0.25) is 19.3 Å². The quantitative estimate of drug-likeness (QED) is 0.771. The third-order valence-electron chi connectivity index (χ3n) is 5.70. The first-order chi connectivity index (χ1) is 13.0. The van der Waals surface area contributed by atoms with Gasteiger partial charge in [0.05, 0.1) is 11.1 Å². The second-order valence-corrected chi connectivity index (χ2v) is 7.35. The Morgan fingerprint density at radius 2 is 1.48 bits per heavy atom. The van der Waals surface area contributed by atoms with Crippen LogP contribution in [0.4, 0.5) is 0 Å². The molecule has 0 N–H and O–H groups in total. The predicted octanol–water partition coefficient (Wildman–Crippen LogP) is 3.20. The molecule has 2 aliphatic heterocycles. The Hall–Kier alpha value is -2.95. The molecule has 0 aromatic heterocycles. The topological polar surface area (TPSA) is 57.7 Å². The van der Waals surface area contributed by atoms with Crippen molar-refractivity contribution < 1.29 is 14.4 Å². The lowest BCUT2D eigenvalue weighted by atomic mass is 10.0. The van der Waals surface area contributed by atoms with Crippen molar-refractivity contribution in [2.75, 3.05) is 13.1 Å². The number of carbonyl (C=O) groups is 3. The lowest BCUT2D eigenvalue weighted by Crippen LogP contribution is -2.48. The predicted molar refractivity (Wildman–Crippen MR) is 102 cm³/mol. The molecular formula is C22H22N2O3. The van der Waals surface area contributed by atoms with E-state index in [1.165, 1.54) is 4.90 Å². The molecule has 0 saturated carbocycles. The highest BCUT2D eigenvalue weighted by Crippen LogP contribution is 2.29. The Kier molecular flexibility index (Phi) is 4.30. The third kappa shape index (κ3) is 2.93. The molecule has 1 fully saturated rings. The highest BCUT2D eigenvalue weighted by Gasteiger charge is 2.41. The van der Waals surface area contributed by atoms with Gasteiger partial charge in [0.15, 0.2) is 0 Å². The fourth-order valence-electron chi connectivity index (χ4n) is 3.92. The third-order valence-corrected chi connectivity index (χ3v) is 5.70. The molecule has 0 spiro atoms. The van der Waals surface area contributed by atoms with Crippen LogP contribution in [-0.4, -0.2) is 46.7 Å². The molecule has 1 saturated heterocycles. The molecule has 5 nitrogen and oxygen atoms in total. The summed E-state index contributed by atoms with van der Waals surface area (Å²) in [7, 11) is 0. The highest BCUT2D eigenvalue weighted by molar-refractivity contribution is 6.21. The maximum absolute atomic E-state index is 12.8. The summed E-state index contributed by atoms with van der Waals surface area (Å²) >= 11 is 0. The van der Waals surface area contributed by atoms with Crippen LogP contribution in [0.25, 0.3) is 0 Å². The van der Waals surface area contributed by atoms with Gasteiger partial charge in [0.1, 0.15) is 0 Å². The molecule has 3 amide bonds. The van der Waals surface area contributed by atoms with Crippen molar-refractivity contribution in [3.8, 4) is 0 Å². The number of benzene rings is 2. The van der Waals surface area contributed by atoms with Gasteiger partial charge in [-0.25, -0.2) is 0 Å². The highest BCUT2D eigenvalue weighted by atomic mass is 16.2. The van der Waals surface area contributed by atoms with Gasteiger partial charge in [-0.15, -0.1) is 0 Å². The van der Waals surface area contributed by atoms with Gasteiger partial charge in [0.2, 0.25) is 0 Å². The molecule has 0 radical (unpaired) electrons. The van der Waals surface area contributed by atoms with Crippen molar-refractivity contribution in [3.63, 3.8) is 0 Å². The van der Waals surface area contributed by atoms with E-state index in [1.54, 1.807) is 24.3 Å². The maximum Gasteiger partial charge on any atom is 0.261 e. The zero-order valence-electron chi connectivity index (χ0n) is 15.6. The monoisotopic (exact) mass is 362 g/mol. The van der Waals surface area contributed by atoms with Crippen molar-refractivity contribution in [1.29, 1.82) is 0 Å². The van der Waals surface area contributed by atoms with Crippen LogP contribution in [0.5, 0.6) is 0 Å². The summed E-state index contributed by atoms with van der Waals surface area (Å²) in [4.78, 5) is 41.3. The van der Waals surface area contributed by atoms with Crippen LogP contribution in [0.2, 0.25) is 0 Å². The number of piperidine rings is 1. The van der Waals surface area contributed by atoms with Crippen molar-refractivity contribution in [2.45, 2.75) is 32.7 Å². The van der Waals surface area contributed by atoms with E-state index >= 15 is 0 Å². The smallest absolute Gasteiger partial charge is 0.261 e. The number of fused-ring (bicyclic) bond motifs is 1. The molecule has 0 unspecified atom stereocenters. The molecule has 2 aromatic rings. The summed E-state index contributed by atoms with van der Waals surface area (Å²) in [6, 6.07) is 12.6. The van der Waals surface area contributed by atoms with Gasteiger partial charge >= 0.3 is 0 Å². The number of rotatable bonds is 2. The van der Waals surface area contributed by atoms with E-state index in [-0.39, 0.29) is 23.8 Å². The first kappa shape index (κ1) is 17.5. The van der Waals surface area contributed by atoms with E-state index in [9.17, 15) is 14.4 Å². The minimum Gasteiger partial charge on any atom is -0.338 e. The van der Waals surface area contributed by atoms with E-state index in [0.717, 1.165) is 11.1 Å². The van der Waals surface area contributed by atoms with Crippen LogP contribution >= 0.6 is 0 Å². The summed E-state index contributed by atoms with van der Waals surface area (Å²) in [5.41, 5.74) is 3.92. The minimum absolute atomic E-state index is 0.0129. The Bertz CT molecular complexity index is 907. The number of imide groups is 1. The van der Waals surface area contributed by atoms with Crippen molar-refractivity contribution in [3.05, 3.63) is 70.3 Å². The molecular weight excluding hydrogens is 340 g/mol. The van der Waals surface area contributed by atoms with E-state index in [4.69, 9.17) is 0 Å². The van der Waals surface area contributed by atoms with E-state index in [2.05, 4.69) is 0 Å². The second-order valence-electron chi connectivity index (χ2n) is 7.35. The Morgan fingerprint density at radius 3 is 2.04 bits per heavy atom. The average Bonchev–Trinajstić information content (AvgIpc) is 2.94. The number of amides is 3. The molecule has 2 aliphatic rings. The average molecular weight is 362 g/mol. The zero-order valence-corrected chi connectivity index (χ0v) is 15.6. The molecule has 0 bridgehead atoms. The van der Waals surface area contributed by atoms with Gasteiger partial charge in [-0.1, -0.05) is 18.2 Å². The van der Waals surface area contributed by atoms with E-state index in [0.29, 0.717) is 42.6 Å². The molecule has 27 heavy (non-hydrogen) atoms. The number of likely N-dealkylation sites (tertiary alicyclic amines) is 1. The van der Waals surface area contributed by atoms with Gasteiger partial charge < -0.3 is 4.90 Å². The van der Waals surface area contributed by atoms with Crippen LogP contribution in [-0.2, 0) is 0 Å². The van der Waals surface area contributed by atoms with Crippen LogP contribution < -0.4 is 0 Å². The number of carbonyl (C=O) groups excluding carboxylic acids is 3. The maximum atomic E-state index is 12.8. The van der Waals surface area contributed by atoms with Crippen molar-refractivity contribution >= 4 is 17.7 Å². The summed E-state index contributed by atoms with van der Waals surface area (Å²) in [5.74, 6) is -0.414. The van der Waals surface area contributed by atoms with Crippen LogP contribution in [0.3, 0.4) is 0 Å². The molecule has 5 heteroatoms. The van der Waals surface area contributed by atoms with Crippen molar-refractivity contribution in [2.24, 2.45) is 0 Å². The molecule has 4 rings (SSSR count). The first-order valence-electron chi connectivity index (χ1n) is 9.31. The second kappa shape index (κ2) is 6.65. The van der Waals surface area contributed by atoms with Crippen LogP contribution in [0, 0.1) is 13.8 Å². The lowest BCUT2D eigenvalue weighted by Gasteiger charge is -2.35. The largest absolute Gasteiger partial charge is 0.338 e. The van der Waals surface area contributed by atoms with Gasteiger partial charge in [-0.2, -0.15) is 0 Å². The Balaban J connectivity index is 1.45. The first-order valence-corrected chi connectivity index (χ1v) is 9.31. The van der Waals surface area contributed by atoms with Gasteiger partial charge in [0.25, 0.3) is 17.7 Å². The molecule has 2 heterocycles. The standard InChI is InChI=1S/C22H22N2O3/c1-14-7-8-16(13-15(14)2)20(25)23-11-9-17(10-12-23)24-21(26)18-5-3-4-6-19(18)22(24)27/h3-8,13,17H,9-12H2,1-2H3. The number of aryl methyl sites for hydroxylation is 2. The molecule has 0 atom stereocenters. The van der Waals surface area contributed by atoms with Gasteiger partial charge in [0, 0.05) is 24.7 Å². The molecule has 138 valence electrons. The number of hydrogen-bond acceptors (Lipinski definition) is 3. The summed E-state index contributed by atoms with van der Waals surface area (Å²) in [6.07, 6.45) is 1.23. The fraction of sp³-hybridized carbons (Fsp3) is 0.318. The number of nitrogens with zero attached hydrogens (tertiary/aromatic N) is 2. The minimum atomic E-state index is -0.213. The normalized spacial score (nSPS) is 17.4. The summed E-state index contributed by atoms with van der Waals surface area (Å²) < 4.78 is 0. The van der Waals surface area contributed by atoms with Gasteiger partial charge in [-0.05, 0) is 62.1 Å².